The minimum Gasteiger partial charge on any atom is -0.507 e. The lowest BCUT2D eigenvalue weighted by Crippen LogP contribution is -2.17. The number of carbonyl (C=O) groups excluding carboxylic acids is 1. The average Bonchev–Trinajstić information content (AvgIpc) is 2.56. The molecule has 2 N–H and O–H groups in total. The third kappa shape index (κ3) is 4.19. The molecule has 2 aromatic rings. The summed E-state index contributed by atoms with van der Waals surface area (Å²) in [7, 11) is 1.53. The van der Waals surface area contributed by atoms with Crippen LogP contribution >= 0.6 is 22.6 Å². The normalized spacial score (nSPS) is 10.6. The van der Waals surface area contributed by atoms with Crippen molar-refractivity contribution >= 4 is 40.4 Å². The number of amides is 1. The summed E-state index contributed by atoms with van der Waals surface area (Å²) in [5.74, 6) is 0.00602. The van der Waals surface area contributed by atoms with E-state index >= 15 is 0 Å². The number of methoxy groups -OCH3 is 1. The van der Waals surface area contributed by atoms with Crippen molar-refractivity contribution in [3.63, 3.8) is 0 Å². The second-order valence-electron chi connectivity index (χ2n) is 4.55. The molecule has 0 aromatic heterocycles. The van der Waals surface area contributed by atoms with Crippen LogP contribution in [0.25, 0.3) is 0 Å². The van der Waals surface area contributed by atoms with E-state index in [1.807, 2.05) is 22.6 Å². The molecule has 0 unspecified atom stereocenters. The molecule has 9 heteroatoms. The number of hydrazone groups is 1. The van der Waals surface area contributed by atoms with Gasteiger partial charge in [0.1, 0.15) is 11.5 Å². The number of rotatable bonds is 5. The molecule has 0 fully saturated rings. The second-order valence-corrected chi connectivity index (χ2v) is 5.71. The zero-order valence-corrected chi connectivity index (χ0v) is 14.6. The van der Waals surface area contributed by atoms with E-state index in [4.69, 9.17) is 4.74 Å². The van der Waals surface area contributed by atoms with Crippen LogP contribution in [0.2, 0.25) is 0 Å². The molecule has 0 heterocycles. The summed E-state index contributed by atoms with van der Waals surface area (Å²) >= 11 is 2.04. The lowest BCUT2D eigenvalue weighted by molar-refractivity contribution is -0.384. The first-order chi connectivity index (χ1) is 11.4. The molecule has 0 saturated carbocycles. The third-order valence-corrected chi connectivity index (χ3v) is 3.85. The number of carbonyl (C=O) groups is 1. The first-order valence-electron chi connectivity index (χ1n) is 6.56. The predicted octanol–water partition coefficient (Wildman–Crippen LogP) is 2.68. The zero-order valence-electron chi connectivity index (χ0n) is 12.4. The van der Waals surface area contributed by atoms with Crippen LogP contribution in [0, 0.1) is 13.7 Å². The van der Waals surface area contributed by atoms with Gasteiger partial charge in [-0.15, -0.1) is 0 Å². The molecule has 0 aliphatic carbocycles. The Morgan fingerprint density at radius 3 is 2.75 bits per heavy atom. The minimum absolute atomic E-state index is 0.119. The number of aromatic hydroxyl groups is 1. The van der Waals surface area contributed by atoms with Gasteiger partial charge in [0.25, 0.3) is 11.6 Å². The predicted molar refractivity (Wildman–Crippen MR) is 95.5 cm³/mol. The second kappa shape index (κ2) is 7.73. The van der Waals surface area contributed by atoms with Gasteiger partial charge in [0.05, 0.1) is 21.8 Å². The van der Waals surface area contributed by atoms with Gasteiger partial charge in [-0.05, 0) is 46.9 Å². The largest absolute Gasteiger partial charge is 0.507 e. The van der Waals surface area contributed by atoms with Crippen LogP contribution in [-0.4, -0.2) is 29.3 Å². The standard InChI is InChI=1S/C15H12IN3O5/c1-24-14-5-2-9(7-12(14)16)15(21)18-17-8-10-6-11(19(22)23)3-4-13(10)20/h2-8,20H,1H3,(H,18,21). The Morgan fingerprint density at radius 2 is 2.12 bits per heavy atom. The van der Waals surface area contributed by atoms with Crippen molar-refractivity contribution in [2.45, 2.75) is 0 Å². The number of hydrogen-bond donors (Lipinski definition) is 2. The van der Waals surface area contributed by atoms with Gasteiger partial charge in [0, 0.05) is 23.3 Å². The molecule has 24 heavy (non-hydrogen) atoms. The van der Waals surface area contributed by atoms with E-state index in [0.717, 1.165) is 15.9 Å². The lowest BCUT2D eigenvalue weighted by Gasteiger charge is -2.05. The van der Waals surface area contributed by atoms with Gasteiger partial charge in [-0.2, -0.15) is 5.10 Å². The van der Waals surface area contributed by atoms with Crippen LogP contribution in [0.5, 0.6) is 11.5 Å². The van der Waals surface area contributed by atoms with Crippen molar-refractivity contribution < 1.29 is 19.6 Å². The van der Waals surface area contributed by atoms with Crippen LogP contribution < -0.4 is 10.2 Å². The molecule has 124 valence electrons. The number of nitro groups is 1. The Labute approximate surface area is 150 Å². The molecule has 8 nitrogen and oxygen atoms in total. The van der Waals surface area contributed by atoms with E-state index in [1.165, 1.54) is 19.2 Å². The minimum atomic E-state index is -0.589. The number of phenols is 1. The van der Waals surface area contributed by atoms with Gasteiger partial charge in [-0.25, -0.2) is 5.43 Å². The lowest BCUT2D eigenvalue weighted by atomic mass is 10.2. The number of phenolic OH excluding ortho intramolecular Hbond substituents is 1. The van der Waals surface area contributed by atoms with Crippen molar-refractivity contribution in [1.29, 1.82) is 0 Å². The van der Waals surface area contributed by atoms with E-state index in [1.54, 1.807) is 18.2 Å². The van der Waals surface area contributed by atoms with E-state index in [0.29, 0.717) is 11.3 Å². The van der Waals surface area contributed by atoms with Gasteiger partial charge < -0.3 is 9.84 Å². The summed E-state index contributed by atoms with van der Waals surface area (Å²) in [5, 5.41) is 24.1. The molecule has 0 aliphatic rings. The smallest absolute Gasteiger partial charge is 0.271 e. The number of nitro benzene ring substituents is 1. The van der Waals surface area contributed by atoms with Crippen molar-refractivity contribution in [2.75, 3.05) is 7.11 Å². The third-order valence-electron chi connectivity index (χ3n) is 3.01. The molecule has 0 saturated heterocycles. The average molecular weight is 441 g/mol. The highest BCUT2D eigenvalue weighted by Crippen LogP contribution is 2.22. The number of nitrogens with one attached hydrogen (secondary N) is 1. The van der Waals surface area contributed by atoms with Gasteiger partial charge in [0.2, 0.25) is 0 Å². The number of ether oxygens (including phenoxy) is 1. The molecule has 2 aromatic carbocycles. The van der Waals surface area contributed by atoms with E-state index in [-0.39, 0.29) is 17.0 Å². The number of nitrogens with zero attached hydrogens (tertiary/aromatic N) is 2. The summed E-state index contributed by atoms with van der Waals surface area (Å²) in [4.78, 5) is 22.1. The summed E-state index contributed by atoms with van der Waals surface area (Å²) in [5.41, 5.74) is 2.60. The van der Waals surface area contributed by atoms with Crippen LogP contribution in [0.1, 0.15) is 15.9 Å². The summed E-state index contributed by atoms with van der Waals surface area (Å²) in [6.45, 7) is 0. The zero-order chi connectivity index (χ0) is 17.7. The molecule has 0 spiro atoms. The maximum absolute atomic E-state index is 12.0. The fourth-order valence-electron chi connectivity index (χ4n) is 1.79. The molecule has 0 aliphatic heterocycles. The monoisotopic (exact) mass is 441 g/mol. The van der Waals surface area contributed by atoms with Crippen LogP contribution in [-0.2, 0) is 0 Å². The van der Waals surface area contributed by atoms with Crippen LogP contribution in [0.15, 0.2) is 41.5 Å². The van der Waals surface area contributed by atoms with Crippen molar-refractivity contribution in [2.24, 2.45) is 5.10 Å². The maximum atomic E-state index is 12.0. The SMILES string of the molecule is COc1ccc(C(=O)NN=Cc2cc([N+](=O)[O-])ccc2O)cc1I. The molecule has 2 rings (SSSR count). The van der Waals surface area contributed by atoms with Crippen LogP contribution in [0.4, 0.5) is 5.69 Å². The Morgan fingerprint density at radius 1 is 1.38 bits per heavy atom. The first kappa shape index (κ1) is 17.7. The highest BCUT2D eigenvalue weighted by molar-refractivity contribution is 14.1. The van der Waals surface area contributed by atoms with Crippen molar-refractivity contribution in [1.82, 2.24) is 5.43 Å². The summed E-state index contributed by atoms with van der Waals surface area (Å²) in [6, 6.07) is 8.39. The van der Waals surface area contributed by atoms with Crippen molar-refractivity contribution in [3.8, 4) is 11.5 Å². The van der Waals surface area contributed by atoms with E-state index in [2.05, 4.69) is 10.5 Å². The van der Waals surface area contributed by atoms with Gasteiger partial charge in [0.15, 0.2) is 0 Å². The van der Waals surface area contributed by atoms with E-state index < -0.39 is 10.8 Å². The Kier molecular flexibility index (Phi) is 5.68. The quantitative estimate of drug-likeness (QED) is 0.321. The number of halogens is 1. The molecule has 0 radical (unpaired) electrons. The van der Waals surface area contributed by atoms with E-state index in [9.17, 15) is 20.0 Å². The van der Waals surface area contributed by atoms with Crippen molar-refractivity contribution in [3.05, 3.63) is 61.2 Å². The number of hydrogen-bond acceptors (Lipinski definition) is 6. The number of benzene rings is 2. The molecule has 1 amide bonds. The fraction of sp³-hybridized carbons (Fsp3) is 0.0667. The van der Waals surface area contributed by atoms with Gasteiger partial charge in [-0.3, -0.25) is 14.9 Å². The van der Waals surface area contributed by atoms with Gasteiger partial charge in [-0.1, -0.05) is 0 Å². The molecular weight excluding hydrogens is 429 g/mol. The number of non-ortho nitro benzene ring substituents is 1. The molecular formula is C15H12IN3O5. The Balaban J connectivity index is 2.11. The molecule has 0 bridgehead atoms. The molecule has 0 atom stereocenters. The maximum Gasteiger partial charge on any atom is 0.271 e. The highest BCUT2D eigenvalue weighted by atomic mass is 127. The fourth-order valence-corrected chi connectivity index (χ4v) is 2.53. The van der Waals surface area contributed by atoms with Gasteiger partial charge >= 0.3 is 0 Å². The van der Waals surface area contributed by atoms with Crippen LogP contribution in [0.3, 0.4) is 0 Å². The Hall–Kier alpha value is -2.69. The summed E-state index contributed by atoms with van der Waals surface area (Å²) < 4.78 is 5.88. The first-order valence-corrected chi connectivity index (χ1v) is 7.64. The topological polar surface area (TPSA) is 114 Å². The Bertz CT molecular complexity index is 823. The summed E-state index contributed by atoms with van der Waals surface area (Å²) in [6.07, 6.45) is 1.13. The highest BCUT2D eigenvalue weighted by Gasteiger charge is 2.10.